The Bertz CT molecular complexity index is 473. The summed E-state index contributed by atoms with van der Waals surface area (Å²) in [4.78, 5) is 10.5. The first-order chi connectivity index (χ1) is 9.00. The first-order valence-corrected chi connectivity index (χ1v) is 7.15. The first-order valence-electron chi connectivity index (χ1n) is 6.36. The number of nitro groups is 1. The number of nitro benzene ring substituents is 1. The van der Waals surface area contributed by atoms with Crippen molar-refractivity contribution >= 4 is 21.6 Å². The highest BCUT2D eigenvalue weighted by Gasteiger charge is 2.29. The number of ether oxygens (including phenoxy) is 1. The van der Waals surface area contributed by atoms with Gasteiger partial charge in [-0.1, -0.05) is 35.2 Å². The summed E-state index contributed by atoms with van der Waals surface area (Å²) in [6.45, 7) is 0.324. The summed E-state index contributed by atoms with van der Waals surface area (Å²) in [5, 5.41) is 10.9. The van der Waals surface area contributed by atoms with Crippen molar-refractivity contribution in [1.29, 1.82) is 0 Å². The van der Waals surface area contributed by atoms with Gasteiger partial charge in [0.05, 0.1) is 10.5 Å². The molecule has 0 unspecified atom stereocenters. The van der Waals surface area contributed by atoms with Gasteiger partial charge in [0.25, 0.3) is 0 Å². The van der Waals surface area contributed by atoms with Gasteiger partial charge in [0.15, 0.2) is 5.75 Å². The molecule has 0 atom stereocenters. The molecule has 104 valence electrons. The fraction of sp³-hybridized carbons (Fsp3) is 0.538. The number of hydrogen-bond donors (Lipinski definition) is 1. The Labute approximate surface area is 120 Å². The van der Waals surface area contributed by atoms with Crippen LogP contribution in [0.3, 0.4) is 0 Å². The van der Waals surface area contributed by atoms with E-state index in [0.29, 0.717) is 6.61 Å². The molecular weight excluding hydrogens is 312 g/mol. The Morgan fingerprint density at radius 3 is 2.68 bits per heavy atom. The Morgan fingerprint density at radius 2 is 2.05 bits per heavy atom. The van der Waals surface area contributed by atoms with Crippen LogP contribution >= 0.6 is 15.9 Å². The Balaban J connectivity index is 2.10. The second-order valence-electron chi connectivity index (χ2n) is 5.08. The minimum atomic E-state index is -0.439. The van der Waals surface area contributed by atoms with Crippen molar-refractivity contribution < 1.29 is 9.66 Å². The number of nitrogens with zero attached hydrogens (tertiary/aromatic N) is 1. The SMILES string of the molecule is NC1(COc2cc(Br)ccc2[N+](=O)[O-])CCCCC1. The van der Waals surface area contributed by atoms with E-state index in [4.69, 9.17) is 10.5 Å². The molecule has 1 aliphatic rings. The lowest BCUT2D eigenvalue weighted by atomic mass is 9.83. The molecule has 2 N–H and O–H groups in total. The molecule has 0 bridgehead atoms. The highest BCUT2D eigenvalue weighted by Crippen LogP contribution is 2.32. The maximum atomic E-state index is 10.9. The summed E-state index contributed by atoms with van der Waals surface area (Å²) in [6, 6.07) is 4.68. The van der Waals surface area contributed by atoms with E-state index in [-0.39, 0.29) is 17.0 Å². The normalized spacial score (nSPS) is 18.0. The summed E-state index contributed by atoms with van der Waals surface area (Å²) >= 11 is 3.29. The summed E-state index contributed by atoms with van der Waals surface area (Å²) in [7, 11) is 0. The van der Waals surface area contributed by atoms with Gasteiger partial charge in [-0.2, -0.15) is 0 Å². The fourth-order valence-electron chi connectivity index (χ4n) is 2.38. The third-order valence-electron chi connectivity index (χ3n) is 3.48. The van der Waals surface area contributed by atoms with Gasteiger partial charge in [0.1, 0.15) is 6.61 Å². The first kappa shape index (κ1) is 14.3. The van der Waals surface area contributed by atoms with Crippen molar-refractivity contribution in [1.82, 2.24) is 0 Å². The average molecular weight is 329 g/mol. The van der Waals surface area contributed by atoms with Crippen molar-refractivity contribution in [2.75, 3.05) is 6.61 Å². The highest BCUT2D eigenvalue weighted by atomic mass is 79.9. The monoisotopic (exact) mass is 328 g/mol. The van der Waals surface area contributed by atoms with Crippen molar-refractivity contribution in [2.45, 2.75) is 37.6 Å². The van der Waals surface area contributed by atoms with Crippen LogP contribution in [0.2, 0.25) is 0 Å². The summed E-state index contributed by atoms with van der Waals surface area (Å²) < 4.78 is 6.38. The predicted octanol–water partition coefficient (Wildman–Crippen LogP) is 3.40. The number of nitrogens with two attached hydrogens (primary N) is 1. The predicted molar refractivity (Wildman–Crippen MR) is 76.3 cm³/mol. The van der Waals surface area contributed by atoms with Gasteiger partial charge in [0.2, 0.25) is 0 Å². The number of rotatable bonds is 4. The van der Waals surface area contributed by atoms with Crippen LogP contribution in [0, 0.1) is 10.1 Å². The molecule has 0 aromatic heterocycles. The van der Waals surface area contributed by atoms with Gasteiger partial charge in [-0.15, -0.1) is 0 Å². The van der Waals surface area contributed by atoms with E-state index in [9.17, 15) is 10.1 Å². The van der Waals surface area contributed by atoms with E-state index in [2.05, 4.69) is 15.9 Å². The van der Waals surface area contributed by atoms with Gasteiger partial charge < -0.3 is 10.5 Å². The highest BCUT2D eigenvalue weighted by molar-refractivity contribution is 9.10. The van der Waals surface area contributed by atoms with Gasteiger partial charge in [0, 0.05) is 16.6 Å². The Morgan fingerprint density at radius 1 is 1.37 bits per heavy atom. The summed E-state index contributed by atoms with van der Waals surface area (Å²) in [5.41, 5.74) is 5.89. The topological polar surface area (TPSA) is 78.4 Å². The molecule has 0 amide bonds. The zero-order valence-electron chi connectivity index (χ0n) is 10.6. The summed E-state index contributed by atoms with van der Waals surface area (Å²) in [5.74, 6) is 0.273. The Kier molecular flexibility index (Phi) is 4.42. The minimum Gasteiger partial charge on any atom is -0.485 e. The molecule has 1 aromatic rings. The molecule has 1 aromatic carbocycles. The molecule has 0 saturated heterocycles. The zero-order valence-corrected chi connectivity index (χ0v) is 12.2. The lowest BCUT2D eigenvalue weighted by molar-refractivity contribution is -0.385. The van der Waals surface area contributed by atoms with Crippen molar-refractivity contribution in [2.24, 2.45) is 5.73 Å². The van der Waals surface area contributed by atoms with Gasteiger partial charge in [-0.05, 0) is 18.9 Å². The molecule has 1 fully saturated rings. The zero-order chi connectivity index (χ0) is 13.9. The third kappa shape index (κ3) is 3.67. The van der Waals surface area contributed by atoms with Crippen LogP contribution in [0.1, 0.15) is 32.1 Å². The van der Waals surface area contributed by atoms with E-state index in [0.717, 1.165) is 30.2 Å². The van der Waals surface area contributed by atoms with Gasteiger partial charge in [-0.25, -0.2) is 0 Å². The average Bonchev–Trinajstić information content (AvgIpc) is 2.37. The molecule has 0 aliphatic heterocycles. The molecule has 6 heteroatoms. The van der Waals surface area contributed by atoms with E-state index in [1.807, 2.05) is 0 Å². The van der Waals surface area contributed by atoms with Crippen LogP contribution in [0.4, 0.5) is 5.69 Å². The van der Waals surface area contributed by atoms with E-state index < -0.39 is 4.92 Å². The second kappa shape index (κ2) is 5.88. The summed E-state index contributed by atoms with van der Waals surface area (Å²) in [6.07, 6.45) is 5.22. The maximum absolute atomic E-state index is 10.9. The van der Waals surface area contributed by atoms with E-state index in [1.54, 1.807) is 12.1 Å². The quantitative estimate of drug-likeness (QED) is 0.678. The standard InChI is InChI=1S/C13H17BrN2O3/c14-10-4-5-11(16(17)18)12(8-10)19-9-13(15)6-2-1-3-7-13/h4-5,8H,1-3,6-7,9,15H2. The maximum Gasteiger partial charge on any atom is 0.310 e. The van der Waals surface area contributed by atoms with Crippen LogP contribution in [0.25, 0.3) is 0 Å². The van der Waals surface area contributed by atoms with Crippen LogP contribution < -0.4 is 10.5 Å². The lowest BCUT2D eigenvalue weighted by Gasteiger charge is -2.32. The smallest absolute Gasteiger partial charge is 0.310 e. The van der Waals surface area contributed by atoms with Crippen molar-refractivity contribution in [3.05, 3.63) is 32.8 Å². The van der Waals surface area contributed by atoms with Crippen LogP contribution in [-0.2, 0) is 0 Å². The largest absolute Gasteiger partial charge is 0.485 e. The van der Waals surface area contributed by atoms with Gasteiger partial charge >= 0.3 is 5.69 Å². The molecule has 2 rings (SSSR count). The van der Waals surface area contributed by atoms with Crippen molar-refractivity contribution in [3.8, 4) is 5.75 Å². The number of benzene rings is 1. The molecule has 0 radical (unpaired) electrons. The van der Waals surface area contributed by atoms with Crippen LogP contribution in [0.5, 0.6) is 5.75 Å². The van der Waals surface area contributed by atoms with Crippen molar-refractivity contribution in [3.63, 3.8) is 0 Å². The molecule has 1 aliphatic carbocycles. The number of halogens is 1. The van der Waals surface area contributed by atoms with Crippen LogP contribution in [-0.4, -0.2) is 17.1 Å². The van der Waals surface area contributed by atoms with E-state index >= 15 is 0 Å². The molecule has 5 nitrogen and oxygen atoms in total. The van der Waals surface area contributed by atoms with Crippen LogP contribution in [0.15, 0.2) is 22.7 Å². The lowest BCUT2D eigenvalue weighted by Crippen LogP contribution is -2.47. The molecule has 1 saturated carbocycles. The van der Waals surface area contributed by atoms with Gasteiger partial charge in [-0.3, -0.25) is 10.1 Å². The Hall–Kier alpha value is -1.14. The minimum absolute atomic E-state index is 0.0254. The number of hydrogen-bond acceptors (Lipinski definition) is 4. The fourth-order valence-corrected chi connectivity index (χ4v) is 2.72. The second-order valence-corrected chi connectivity index (χ2v) is 6.00. The molecular formula is C13H17BrN2O3. The molecule has 0 spiro atoms. The molecule has 0 heterocycles. The molecule has 19 heavy (non-hydrogen) atoms. The third-order valence-corrected chi connectivity index (χ3v) is 3.98. The van der Waals surface area contributed by atoms with E-state index in [1.165, 1.54) is 12.5 Å².